The first-order valence-electron chi connectivity index (χ1n) is 5.83. The van der Waals surface area contributed by atoms with Gasteiger partial charge in [-0.15, -0.1) is 10.2 Å². The standard InChI is InChI=1S/C12H12F2N4O2S/c1-18-10(16-17-12(18)21-6-9(15)19)7-2-4-8(5-3-7)20-11(13)14/h2-5,11H,6H2,1H3,(H2,15,19). The van der Waals surface area contributed by atoms with Crippen LogP contribution in [0.15, 0.2) is 29.4 Å². The molecule has 0 fully saturated rings. The van der Waals surface area contributed by atoms with Gasteiger partial charge in [-0.25, -0.2) is 0 Å². The van der Waals surface area contributed by atoms with Crippen molar-refractivity contribution in [3.05, 3.63) is 24.3 Å². The first-order valence-corrected chi connectivity index (χ1v) is 6.81. The zero-order valence-electron chi connectivity index (χ0n) is 11.0. The third kappa shape index (κ3) is 3.91. The van der Waals surface area contributed by atoms with Crippen molar-refractivity contribution in [3.8, 4) is 17.1 Å². The fraction of sp³-hybridized carbons (Fsp3) is 0.250. The molecular formula is C12H12F2N4O2S. The van der Waals surface area contributed by atoms with Crippen LogP contribution in [0.3, 0.4) is 0 Å². The van der Waals surface area contributed by atoms with Crippen molar-refractivity contribution in [2.45, 2.75) is 11.8 Å². The van der Waals surface area contributed by atoms with Gasteiger partial charge < -0.3 is 15.0 Å². The van der Waals surface area contributed by atoms with Gasteiger partial charge >= 0.3 is 6.61 Å². The Morgan fingerprint density at radius 2 is 2.05 bits per heavy atom. The number of rotatable bonds is 6. The molecule has 0 atom stereocenters. The van der Waals surface area contributed by atoms with Crippen LogP contribution in [-0.2, 0) is 11.8 Å². The van der Waals surface area contributed by atoms with E-state index < -0.39 is 12.5 Å². The molecule has 0 unspecified atom stereocenters. The number of carbonyl (C=O) groups excluding carboxylic acids is 1. The molecule has 1 heterocycles. The van der Waals surface area contributed by atoms with Gasteiger partial charge in [0.1, 0.15) is 5.75 Å². The highest BCUT2D eigenvalue weighted by atomic mass is 32.2. The molecule has 6 nitrogen and oxygen atoms in total. The molecule has 0 aliphatic carbocycles. The minimum atomic E-state index is -2.86. The van der Waals surface area contributed by atoms with Crippen LogP contribution in [0.5, 0.6) is 5.75 Å². The number of aromatic nitrogens is 3. The predicted octanol–water partition coefficient (Wildman–Crippen LogP) is 1.66. The molecule has 21 heavy (non-hydrogen) atoms. The van der Waals surface area contributed by atoms with Crippen molar-refractivity contribution >= 4 is 17.7 Å². The zero-order chi connectivity index (χ0) is 15.4. The summed E-state index contributed by atoms with van der Waals surface area (Å²) in [5, 5.41) is 8.50. The summed E-state index contributed by atoms with van der Waals surface area (Å²) >= 11 is 1.17. The van der Waals surface area contributed by atoms with Gasteiger partial charge in [0.05, 0.1) is 5.75 Å². The van der Waals surface area contributed by atoms with E-state index in [1.807, 2.05) is 0 Å². The van der Waals surface area contributed by atoms with E-state index in [2.05, 4.69) is 14.9 Å². The number of hydrogen-bond acceptors (Lipinski definition) is 5. The van der Waals surface area contributed by atoms with Crippen LogP contribution in [0.2, 0.25) is 0 Å². The van der Waals surface area contributed by atoms with Gasteiger partial charge in [-0.05, 0) is 24.3 Å². The van der Waals surface area contributed by atoms with Gasteiger partial charge in [0.15, 0.2) is 11.0 Å². The topological polar surface area (TPSA) is 83.0 Å². The molecule has 0 bridgehead atoms. The fourth-order valence-electron chi connectivity index (χ4n) is 1.61. The summed E-state index contributed by atoms with van der Waals surface area (Å²) in [5.41, 5.74) is 5.76. The van der Waals surface area contributed by atoms with Crippen molar-refractivity contribution in [2.24, 2.45) is 12.8 Å². The molecule has 112 valence electrons. The van der Waals surface area contributed by atoms with Gasteiger partial charge in [0.2, 0.25) is 5.91 Å². The lowest BCUT2D eigenvalue weighted by Gasteiger charge is -2.06. The van der Waals surface area contributed by atoms with Crippen LogP contribution >= 0.6 is 11.8 Å². The van der Waals surface area contributed by atoms with E-state index in [-0.39, 0.29) is 11.5 Å². The van der Waals surface area contributed by atoms with Gasteiger partial charge in [-0.1, -0.05) is 11.8 Å². The first-order chi connectivity index (χ1) is 9.97. The average molecular weight is 314 g/mol. The lowest BCUT2D eigenvalue weighted by Crippen LogP contribution is -2.13. The van der Waals surface area contributed by atoms with E-state index in [1.165, 1.54) is 23.9 Å². The lowest BCUT2D eigenvalue weighted by molar-refractivity contribution is -0.115. The number of alkyl halides is 2. The van der Waals surface area contributed by atoms with E-state index in [4.69, 9.17) is 5.73 Å². The molecule has 1 aromatic heterocycles. The largest absolute Gasteiger partial charge is 0.435 e. The van der Waals surface area contributed by atoms with Crippen LogP contribution in [0, 0.1) is 0 Å². The van der Waals surface area contributed by atoms with E-state index in [0.717, 1.165) is 0 Å². The molecular weight excluding hydrogens is 302 g/mol. The normalized spacial score (nSPS) is 10.9. The second-order valence-electron chi connectivity index (χ2n) is 4.02. The Morgan fingerprint density at radius 3 is 2.62 bits per heavy atom. The quantitative estimate of drug-likeness (QED) is 0.820. The maximum atomic E-state index is 12.1. The molecule has 1 amide bonds. The monoisotopic (exact) mass is 314 g/mol. The molecule has 0 radical (unpaired) electrons. The highest BCUT2D eigenvalue weighted by Gasteiger charge is 2.12. The predicted molar refractivity (Wildman–Crippen MR) is 73.0 cm³/mol. The van der Waals surface area contributed by atoms with Crippen molar-refractivity contribution in [1.82, 2.24) is 14.8 Å². The molecule has 0 spiro atoms. The number of hydrogen-bond donors (Lipinski definition) is 1. The second kappa shape index (κ2) is 6.53. The molecule has 2 rings (SSSR count). The summed E-state index contributed by atoms with van der Waals surface area (Å²) in [5.74, 6) is 0.274. The van der Waals surface area contributed by atoms with Crippen LogP contribution < -0.4 is 10.5 Å². The number of amides is 1. The lowest BCUT2D eigenvalue weighted by atomic mass is 10.2. The minimum absolute atomic E-state index is 0.0687. The summed E-state index contributed by atoms with van der Waals surface area (Å²) in [6.45, 7) is -2.86. The third-order valence-corrected chi connectivity index (χ3v) is 3.56. The number of primary amides is 1. The van der Waals surface area contributed by atoms with Crippen LogP contribution in [0.25, 0.3) is 11.4 Å². The van der Waals surface area contributed by atoms with E-state index >= 15 is 0 Å². The molecule has 0 aliphatic heterocycles. The van der Waals surface area contributed by atoms with E-state index in [0.29, 0.717) is 16.5 Å². The summed E-state index contributed by atoms with van der Waals surface area (Å²) in [6.07, 6.45) is 0. The minimum Gasteiger partial charge on any atom is -0.435 e. The Hall–Kier alpha value is -2.16. The number of benzene rings is 1. The number of nitrogens with zero attached hydrogens (tertiary/aromatic N) is 3. The molecule has 2 aromatic rings. The van der Waals surface area contributed by atoms with Gasteiger partial charge in [0, 0.05) is 12.6 Å². The maximum Gasteiger partial charge on any atom is 0.387 e. The van der Waals surface area contributed by atoms with E-state index in [1.54, 1.807) is 23.7 Å². The zero-order valence-corrected chi connectivity index (χ0v) is 11.8. The summed E-state index contributed by atoms with van der Waals surface area (Å²) in [7, 11) is 1.74. The van der Waals surface area contributed by atoms with Crippen molar-refractivity contribution in [1.29, 1.82) is 0 Å². The number of nitrogens with two attached hydrogens (primary N) is 1. The molecule has 0 aliphatic rings. The summed E-state index contributed by atoms with van der Waals surface area (Å²) < 4.78 is 30.1. The number of ether oxygens (including phenoxy) is 1. The molecule has 0 saturated heterocycles. The van der Waals surface area contributed by atoms with Gasteiger partial charge in [-0.2, -0.15) is 8.78 Å². The number of thioether (sulfide) groups is 1. The Morgan fingerprint density at radius 1 is 1.38 bits per heavy atom. The Labute approximate surface area is 123 Å². The SMILES string of the molecule is Cn1c(SCC(N)=O)nnc1-c1ccc(OC(F)F)cc1. The van der Waals surface area contributed by atoms with Crippen molar-refractivity contribution in [2.75, 3.05) is 5.75 Å². The molecule has 1 aromatic carbocycles. The number of halogens is 2. The summed E-state index contributed by atoms with van der Waals surface area (Å²) in [6, 6.07) is 6.05. The Bertz CT molecular complexity index is 631. The van der Waals surface area contributed by atoms with Crippen LogP contribution in [0.1, 0.15) is 0 Å². The average Bonchev–Trinajstić information content (AvgIpc) is 2.78. The van der Waals surface area contributed by atoms with Crippen LogP contribution in [0.4, 0.5) is 8.78 Å². The highest BCUT2D eigenvalue weighted by Crippen LogP contribution is 2.24. The second-order valence-corrected chi connectivity index (χ2v) is 4.97. The molecule has 0 saturated carbocycles. The smallest absolute Gasteiger partial charge is 0.387 e. The van der Waals surface area contributed by atoms with E-state index in [9.17, 15) is 13.6 Å². The highest BCUT2D eigenvalue weighted by molar-refractivity contribution is 7.99. The summed E-state index contributed by atoms with van der Waals surface area (Å²) in [4.78, 5) is 10.8. The van der Waals surface area contributed by atoms with Gasteiger partial charge in [0.25, 0.3) is 0 Å². The third-order valence-electron chi connectivity index (χ3n) is 2.52. The molecule has 9 heteroatoms. The fourth-order valence-corrected chi connectivity index (χ4v) is 2.26. The first kappa shape index (κ1) is 15.2. The molecule has 2 N–H and O–H groups in total. The van der Waals surface area contributed by atoms with Crippen LogP contribution in [-0.4, -0.2) is 33.0 Å². The number of carbonyl (C=O) groups is 1. The van der Waals surface area contributed by atoms with Gasteiger partial charge in [-0.3, -0.25) is 4.79 Å². The van der Waals surface area contributed by atoms with Crippen molar-refractivity contribution in [3.63, 3.8) is 0 Å². The van der Waals surface area contributed by atoms with Crippen molar-refractivity contribution < 1.29 is 18.3 Å². The Kier molecular flexibility index (Phi) is 4.73. The maximum absolute atomic E-state index is 12.1. The Balaban J connectivity index is 2.16.